The third kappa shape index (κ3) is 5.20. The van der Waals surface area contributed by atoms with Gasteiger partial charge < -0.3 is 10.4 Å². The summed E-state index contributed by atoms with van der Waals surface area (Å²) in [6, 6.07) is 2.62. The smallest absolute Gasteiger partial charge is 0.391 e. The van der Waals surface area contributed by atoms with Crippen LogP contribution in [0.5, 0.6) is 0 Å². The first kappa shape index (κ1) is 16.5. The lowest BCUT2D eigenvalue weighted by Gasteiger charge is -2.16. The van der Waals surface area contributed by atoms with Crippen LogP contribution < -0.4 is 5.32 Å². The van der Waals surface area contributed by atoms with Crippen molar-refractivity contribution < 1.29 is 27.9 Å². The average molecular weight is 354 g/mol. The fraction of sp³-hybridized carbons (Fsp3) is 0.333. The van der Waals surface area contributed by atoms with Crippen LogP contribution in [0.15, 0.2) is 22.7 Å². The number of hydrogen-bond acceptors (Lipinski definition) is 2. The van der Waals surface area contributed by atoms with Gasteiger partial charge in [0, 0.05) is 16.1 Å². The zero-order valence-corrected chi connectivity index (χ0v) is 11.9. The number of carboxylic acids is 1. The lowest BCUT2D eigenvalue weighted by Crippen LogP contribution is -2.36. The number of carbonyl (C=O) groups is 2. The van der Waals surface area contributed by atoms with Crippen molar-refractivity contribution in [1.29, 1.82) is 0 Å². The Morgan fingerprint density at radius 1 is 1.30 bits per heavy atom. The van der Waals surface area contributed by atoms with Crippen molar-refractivity contribution in [1.82, 2.24) is 5.32 Å². The lowest BCUT2D eigenvalue weighted by atomic mass is 10.1. The Bertz CT molecular complexity index is 531. The van der Waals surface area contributed by atoms with Crippen LogP contribution in [0.2, 0.25) is 0 Å². The summed E-state index contributed by atoms with van der Waals surface area (Å²) in [5.74, 6) is -1.99. The van der Waals surface area contributed by atoms with Crippen molar-refractivity contribution in [2.75, 3.05) is 0 Å². The van der Waals surface area contributed by atoms with Crippen LogP contribution in [0.25, 0.3) is 0 Å². The van der Waals surface area contributed by atoms with Crippen molar-refractivity contribution in [3.8, 4) is 0 Å². The van der Waals surface area contributed by atoms with Crippen molar-refractivity contribution in [3.63, 3.8) is 0 Å². The number of carbonyl (C=O) groups excluding carboxylic acids is 1. The molecular weight excluding hydrogens is 343 g/mol. The second kappa shape index (κ2) is 6.25. The summed E-state index contributed by atoms with van der Waals surface area (Å²) in [5.41, 5.74) is -0.154. The highest BCUT2D eigenvalue weighted by Gasteiger charge is 2.30. The fourth-order valence-corrected chi connectivity index (χ4v) is 2.04. The first-order chi connectivity index (χ1) is 9.08. The van der Waals surface area contributed by atoms with E-state index in [2.05, 4.69) is 21.2 Å². The molecule has 0 fully saturated rings. The first-order valence-electron chi connectivity index (χ1n) is 5.50. The summed E-state index contributed by atoms with van der Waals surface area (Å²) >= 11 is 3.04. The van der Waals surface area contributed by atoms with Crippen molar-refractivity contribution in [2.45, 2.75) is 25.6 Å². The molecule has 0 heterocycles. The summed E-state index contributed by atoms with van der Waals surface area (Å²) in [6.45, 7) is 1.22. The predicted molar refractivity (Wildman–Crippen MR) is 68.7 cm³/mol. The van der Waals surface area contributed by atoms with Gasteiger partial charge in [-0.3, -0.25) is 4.79 Å². The van der Waals surface area contributed by atoms with Gasteiger partial charge in [-0.05, 0) is 25.1 Å². The van der Waals surface area contributed by atoms with Gasteiger partial charge in [-0.2, -0.15) is 13.2 Å². The second-order valence-electron chi connectivity index (χ2n) is 4.23. The number of rotatable bonds is 4. The van der Waals surface area contributed by atoms with Crippen molar-refractivity contribution in [3.05, 3.63) is 33.8 Å². The fourth-order valence-electron chi connectivity index (χ4n) is 1.55. The topological polar surface area (TPSA) is 66.4 Å². The first-order valence-corrected chi connectivity index (χ1v) is 6.29. The third-order valence-corrected chi connectivity index (χ3v) is 2.78. The molecule has 0 radical (unpaired) electrons. The molecule has 0 aliphatic carbocycles. The van der Waals surface area contributed by atoms with E-state index in [0.717, 1.165) is 6.07 Å². The molecule has 4 nitrogen and oxygen atoms in total. The molecule has 20 heavy (non-hydrogen) atoms. The van der Waals surface area contributed by atoms with Crippen molar-refractivity contribution in [2.24, 2.45) is 0 Å². The molecule has 1 aromatic carbocycles. The van der Waals surface area contributed by atoms with E-state index in [4.69, 9.17) is 5.11 Å². The van der Waals surface area contributed by atoms with E-state index in [1.165, 1.54) is 19.1 Å². The maximum atomic E-state index is 12.2. The molecular formula is C12H11BrF3NO3. The normalized spacial score (nSPS) is 12.8. The summed E-state index contributed by atoms with van der Waals surface area (Å²) in [7, 11) is 0. The largest absolute Gasteiger partial charge is 0.478 e. The minimum atomic E-state index is -4.38. The Morgan fingerprint density at radius 3 is 2.35 bits per heavy atom. The number of carboxylic acid groups (broad SMARTS) is 1. The Hall–Kier alpha value is -1.57. The quantitative estimate of drug-likeness (QED) is 0.873. The molecule has 1 aromatic rings. The van der Waals surface area contributed by atoms with Gasteiger partial charge in [0.05, 0.1) is 12.0 Å². The highest BCUT2D eigenvalue weighted by Crippen LogP contribution is 2.22. The molecule has 1 amide bonds. The van der Waals surface area contributed by atoms with E-state index < -0.39 is 30.5 Å². The van der Waals surface area contributed by atoms with E-state index >= 15 is 0 Å². The van der Waals surface area contributed by atoms with Crippen LogP contribution in [-0.2, 0) is 0 Å². The van der Waals surface area contributed by atoms with Crippen LogP contribution in [-0.4, -0.2) is 29.2 Å². The zero-order valence-electron chi connectivity index (χ0n) is 10.3. The molecule has 0 saturated heterocycles. The van der Waals surface area contributed by atoms with Crippen molar-refractivity contribution >= 4 is 27.8 Å². The van der Waals surface area contributed by atoms with E-state index in [1.54, 1.807) is 0 Å². The number of halogens is 4. The summed E-state index contributed by atoms with van der Waals surface area (Å²) in [6.07, 6.45) is -5.53. The van der Waals surface area contributed by atoms with Gasteiger partial charge in [-0.1, -0.05) is 15.9 Å². The number of aromatic carboxylic acids is 1. The van der Waals surface area contributed by atoms with Crippen LogP contribution in [0, 0.1) is 0 Å². The van der Waals surface area contributed by atoms with Crippen LogP contribution >= 0.6 is 15.9 Å². The molecule has 1 atom stereocenters. The summed E-state index contributed by atoms with van der Waals surface area (Å²) < 4.78 is 36.8. The molecule has 1 unspecified atom stereocenters. The molecule has 1 rings (SSSR count). The van der Waals surface area contributed by atoms with Gasteiger partial charge in [0.1, 0.15) is 0 Å². The molecule has 0 aliphatic rings. The van der Waals surface area contributed by atoms with Crippen LogP contribution in [0.3, 0.4) is 0 Å². The highest BCUT2D eigenvalue weighted by atomic mass is 79.9. The van der Waals surface area contributed by atoms with Gasteiger partial charge in [0.15, 0.2) is 0 Å². The van der Waals surface area contributed by atoms with Crippen LogP contribution in [0.4, 0.5) is 13.2 Å². The Labute approximate surface area is 121 Å². The van der Waals surface area contributed by atoms with Gasteiger partial charge in [-0.15, -0.1) is 0 Å². The molecule has 0 aliphatic heterocycles. The Morgan fingerprint density at radius 2 is 1.85 bits per heavy atom. The summed E-state index contributed by atoms with van der Waals surface area (Å²) in [4.78, 5) is 22.6. The molecule has 0 aromatic heterocycles. The number of alkyl halides is 3. The van der Waals surface area contributed by atoms with Crippen LogP contribution in [0.1, 0.15) is 34.1 Å². The van der Waals surface area contributed by atoms with E-state index in [9.17, 15) is 22.8 Å². The maximum Gasteiger partial charge on any atom is 0.391 e. The van der Waals surface area contributed by atoms with Gasteiger partial charge in [-0.25, -0.2) is 4.79 Å². The lowest BCUT2D eigenvalue weighted by molar-refractivity contribution is -0.138. The van der Waals surface area contributed by atoms with Gasteiger partial charge >= 0.3 is 12.1 Å². The van der Waals surface area contributed by atoms with E-state index in [0.29, 0.717) is 4.47 Å². The maximum absolute atomic E-state index is 12.2. The number of benzene rings is 1. The second-order valence-corrected chi connectivity index (χ2v) is 5.14. The molecule has 0 saturated carbocycles. The molecule has 110 valence electrons. The van der Waals surface area contributed by atoms with Gasteiger partial charge in [0.25, 0.3) is 5.91 Å². The zero-order chi connectivity index (χ0) is 15.5. The minimum absolute atomic E-state index is 0.0224. The molecule has 8 heteroatoms. The molecule has 0 spiro atoms. The SMILES string of the molecule is CC(CC(F)(F)F)NC(=O)c1cc(Br)cc(C(=O)O)c1. The number of hydrogen-bond donors (Lipinski definition) is 2. The standard InChI is InChI=1S/C12H11BrF3NO3/c1-6(5-12(14,15)16)17-10(18)7-2-8(11(19)20)4-9(13)3-7/h2-4,6H,5H2,1H3,(H,17,18)(H,19,20). The average Bonchev–Trinajstić information content (AvgIpc) is 2.25. The predicted octanol–water partition coefficient (Wildman–Crippen LogP) is 3.22. The third-order valence-electron chi connectivity index (χ3n) is 2.32. The molecule has 2 N–H and O–H groups in total. The number of amides is 1. The Kier molecular flexibility index (Phi) is 5.15. The van der Waals surface area contributed by atoms with E-state index in [1.807, 2.05) is 0 Å². The Balaban J connectivity index is 2.85. The number of nitrogens with one attached hydrogen (secondary N) is 1. The highest BCUT2D eigenvalue weighted by molar-refractivity contribution is 9.10. The van der Waals surface area contributed by atoms with Gasteiger partial charge in [0.2, 0.25) is 0 Å². The van der Waals surface area contributed by atoms with E-state index in [-0.39, 0.29) is 11.1 Å². The monoisotopic (exact) mass is 353 g/mol. The molecule has 0 bridgehead atoms. The minimum Gasteiger partial charge on any atom is -0.478 e. The summed E-state index contributed by atoms with van der Waals surface area (Å²) in [5, 5.41) is 11.0.